The molecule has 0 aromatic carbocycles. The van der Waals surface area contributed by atoms with Crippen molar-refractivity contribution in [2.75, 3.05) is 0 Å². The second kappa shape index (κ2) is 7.95. The van der Waals surface area contributed by atoms with Crippen LogP contribution in [0, 0.1) is 6.92 Å². The zero-order chi connectivity index (χ0) is 18.4. The van der Waals surface area contributed by atoms with E-state index in [2.05, 4.69) is 25.0 Å². The molecule has 0 unspecified atom stereocenters. The van der Waals surface area contributed by atoms with Gasteiger partial charge in [-0.05, 0) is 19.1 Å². The van der Waals surface area contributed by atoms with Crippen LogP contribution >= 0.6 is 7.82 Å². The van der Waals surface area contributed by atoms with Crippen LogP contribution in [0.3, 0.4) is 0 Å². The highest BCUT2D eigenvalue weighted by Gasteiger charge is 2.17. The summed E-state index contributed by atoms with van der Waals surface area (Å²) in [6, 6.07) is 3.00. The molecule has 2 rings (SSSR count). The van der Waals surface area contributed by atoms with Gasteiger partial charge in [0.15, 0.2) is 0 Å². The van der Waals surface area contributed by atoms with Crippen molar-refractivity contribution in [1.29, 1.82) is 0 Å². The number of aromatic nitrogens is 2. The van der Waals surface area contributed by atoms with E-state index in [0.29, 0.717) is 5.56 Å². The number of hydrazone groups is 1. The number of carbonyl (C=O) groups excluding carboxylic acids is 1. The quantitative estimate of drug-likeness (QED) is 0.333. The Balaban J connectivity index is 2.18. The molecule has 11 heteroatoms. The van der Waals surface area contributed by atoms with E-state index >= 15 is 0 Å². The van der Waals surface area contributed by atoms with Gasteiger partial charge in [-0.3, -0.25) is 19.3 Å². The zero-order valence-electron chi connectivity index (χ0n) is 13.0. The average molecular weight is 366 g/mol. The van der Waals surface area contributed by atoms with Gasteiger partial charge >= 0.3 is 7.82 Å². The summed E-state index contributed by atoms with van der Waals surface area (Å²) >= 11 is 0. The molecule has 0 saturated carbocycles. The number of amides is 1. The summed E-state index contributed by atoms with van der Waals surface area (Å²) in [5.41, 5.74) is 3.20. The van der Waals surface area contributed by atoms with Gasteiger partial charge in [0.1, 0.15) is 5.75 Å². The standard InChI is InChI=1S/C14H15N4O6P/c1-9-13(19)12(11(6-16-9)8-24-25(21,22)23)7-17-18-14(20)10-2-4-15-5-3-10/h2-7,19H,8H2,1H3,(H,18,20)(H2,21,22,23)/b17-7+. The van der Waals surface area contributed by atoms with Crippen LogP contribution in [0.1, 0.15) is 27.2 Å². The van der Waals surface area contributed by atoms with Gasteiger partial charge in [0, 0.05) is 35.3 Å². The third-order valence-electron chi connectivity index (χ3n) is 3.05. The SMILES string of the molecule is Cc1ncc(COP(=O)(O)O)c(/C=N/NC(=O)c2ccncc2)c1O. The predicted molar refractivity (Wildman–Crippen MR) is 86.8 cm³/mol. The first kappa shape index (κ1) is 18.7. The van der Waals surface area contributed by atoms with Crippen LogP contribution in [-0.4, -0.2) is 37.0 Å². The van der Waals surface area contributed by atoms with Crippen LogP contribution in [0.15, 0.2) is 35.8 Å². The smallest absolute Gasteiger partial charge is 0.469 e. The van der Waals surface area contributed by atoms with Crippen molar-refractivity contribution in [3.63, 3.8) is 0 Å². The summed E-state index contributed by atoms with van der Waals surface area (Å²) in [5, 5.41) is 13.8. The molecular weight excluding hydrogens is 351 g/mol. The largest absolute Gasteiger partial charge is 0.505 e. The Morgan fingerprint density at radius 3 is 2.72 bits per heavy atom. The fraction of sp³-hybridized carbons (Fsp3) is 0.143. The van der Waals surface area contributed by atoms with Crippen molar-refractivity contribution in [3.8, 4) is 5.75 Å². The Bertz CT molecular complexity index is 837. The Morgan fingerprint density at radius 1 is 1.40 bits per heavy atom. The summed E-state index contributed by atoms with van der Waals surface area (Å²) in [6.07, 6.45) is 5.33. The van der Waals surface area contributed by atoms with Gasteiger partial charge in [0.25, 0.3) is 5.91 Å². The molecule has 0 aliphatic heterocycles. The Labute approximate surface area is 142 Å². The van der Waals surface area contributed by atoms with Crippen LogP contribution in [0.4, 0.5) is 0 Å². The normalized spacial score (nSPS) is 11.6. The molecule has 0 saturated heterocycles. The van der Waals surface area contributed by atoms with E-state index in [0.717, 1.165) is 6.21 Å². The molecule has 2 heterocycles. The lowest BCUT2D eigenvalue weighted by Gasteiger charge is -2.10. The molecule has 0 fully saturated rings. The molecule has 10 nitrogen and oxygen atoms in total. The summed E-state index contributed by atoms with van der Waals surface area (Å²) in [4.78, 5) is 37.1. The molecule has 4 N–H and O–H groups in total. The van der Waals surface area contributed by atoms with E-state index in [1.807, 2.05) is 0 Å². The van der Waals surface area contributed by atoms with Gasteiger partial charge in [0.05, 0.1) is 18.5 Å². The summed E-state index contributed by atoms with van der Waals surface area (Å²) in [6.45, 7) is 1.04. The highest BCUT2D eigenvalue weighted by Crippen LogP contribution is 2.37. The van der Waals surface area contributed by atoms with E-state index in [1.54, 1.807) is 0 Å². The van der Waals surface area contributed by atoms with Crippen LogP contribution in [0.2, 0.25) is 0 Å². The number of phosphoric acid groups is 1. The molecule has 0 aliphatic carbocycles. The number of nitrogens with one attached hydrogen (secondary N) is 1. The Kier molecular flexibility index (Phi) is 5.94. The highest BCUT2D eigenvalue weighted by atomic mass is 31.2. The zero-order valence-corrected chi connectivity index (χ0v) is 13.9. The van der Waals surface area contributed by atoms with Crippen LogP contribution in [0.5, 0.6) is 5.75 Å². The van der Waals surface area contributed by atoms with Crippen LogP contribution < -0.4 is 5.43 Å². The van der Waals surface area contributed by atoms with Crippen molar-refractivity contribution < 1.29 is 28.8 Å². The van der Waals surface area contributed by atoms with Crippen LogP contribution in [-0.2, 0) is 15.7 Å². The van der Waals surface area contributed by atoms with Crippen molar-refractivity contribution in [1.82, 2.24) is 15.4 Å². The van der Waals surface area contributed by atoms with Gasteiger partial charge in [-0.15, -0.1) is 0 Å². The van der Waals surface area contributed by atoms with Gasteiger partial charge in [-0.2, -0.15) is 5.10 Å². The molecule has 0 spiro atoms. The van der Waals surface area contributed by atoms with Gasteiger partial charge in [0.2, 0.25) is 0 Å². The number of aromatic hydroxyl groups is 1. The lowest BCUT2D eigenvalue weighted by molar-refractivity contribution is 0.0955. The van der Waals surface area contributed by atoms with Crippen molar-refractivity contribution in [2.24, 2.45) is 5.10 Å². The molecule has 0 aliphatic rings. The maximum absolute atomic E-state index is 11.9. The molecule has 132 valence electrons. The minimum atomic E-state index is -4.69. The molecule has 0 atom stereocenters. The highest BCUT2D eigenvalue weighted by molar-refractivity contribution is 7.46. The summed E-state index contributed by atoms with van der Waals surface area (Å²) in [5.74, 6) is -0.731. The summed E-state index contributed by atoms with van der Waals surface area (Å²) in [7, 11) is -4.69. The number of pyridine rings is 2. The second-order valence-electron chi connectivity index (χ2n) is 4.83. The predicted octanol–water partition coefficient (Wildman–Crippen LogP) is 0.864. The number of hydrogen-bond donors (Lipinski definition) is 4. The average Bonchev–Trinajstić information content (AvgIpc) is 2.57. The molecule has 2 aromatic heterocycles. The molecule has 1 amide bonds. The molecule has 25 heavy (non-hydrogen) atoms. The number of rotatable bonds is 6. The third kappa shape index (κ3) is 5.44. The number of aryl methyl sites for hydroxylation is 1. The minimum absolute atomic E-state index is 0.121. The molecule has 0 bridgehead atoms. The monoisotopic (exact) mass is 366 g/mol. The van der Waals surface area contributed by atoms with Gasteiger partial charge in [-0.25, -0.2) is 9.99 Å². The maximum atomic E-state index is 11.9. The number of nitrogens with zero attached hydrogens (tertiary/aromatic N) is 3. The Hall–Kier alpha value is -2.65. The molecule has 2 aromatic rings. The minimum Gasteiger partial charge on any atom is -0.505 e. The van der Waals surface area contributed by atoms with E-state index in [9.17, 15) is 14.5 Å². The lowest BCUT2D eigenvalue weighted by Crippen LogP contribution is -2.17. The van der Waals surface area contributed by atoms with E-state index < -0.39 is 20.3 Å². The van der Waals surface area contributed by atoms with E-state index in [1.165, 1.54) is 37.6 Å². The first-order valence-electron chi connectivity index (χ1n) is 6.89. The maximum Gasteiger partial charge on any atom is 0.469 e. The fourth-order valence-corrected chi connectivity index (χ4v) is 2.10. The van der Waals surface area contributed by atoms with Crippen molar-refractivity contribution in [2.45, 2.75) is 13.5 Å². The topological polar surface area (TPSA) is 154 Å². The van der Waals surface area contributed by atoms with E-state index in [4.69, 9.17) is 9.79 Å². The lowest BCUT2D eigenvalue weighted by atomic mass is 10.1. The van der Waals surface area contributed by atoms with Gasteiger partial charge in [-0.1, -0.05) is 0 Å². The van der Waals surface area contributed by atoms with Crippen LogP contribution in [0.25, 0.3) is 0 Å². The first-order valence-corrected chi connectivity index (χ1v) is 8.42. The number of phosphoric ester groups is 1. The van der Waals surface area contributed by atoms with Gasteiger partial charge < -0.3 is 14.9 Å². The van der Waals surface area contributed by atoms with E-state index in [-0.39, 0.29) is 22.6 Å². The van der Waals surface area contributed by atoms with Crippen molar-refractivity contribution >= 4 is 19.9 Å². The molecule has 0 radical (unpaired) electrons. The first-order chi connectivity index (χ1) is 11.8. The number of carbonyl (C=O) groups is 1. The second-order valence-corrected chi connectivity index (χ2v) is 6.07. The summed E-state index contributed by atoms with van der Waals surface area (Å²) < 4.78 is 15.2. The van der Waals surface area contributed by atoms with Crippen molar-refractivity contribution in [3.05, 3.63) is 53.1 Å². The third-order valence-corrected chi connectivity index (χ3v) is 3.51. The molecular formula is C14H15N4O6P. The fourth-order valence-electron chi connectivity index (χ4n) is 1.79. The Morgan fingerprint density at radius 2 is 2.08 bits per heavy atom. The number of hydrogen-bond acceptors (Lipinski definition) is 7.